The van der Waals surface area contributed by atoms with Gasteiger partial charge >= 0.3 is 0 Å². The second kappa shape index (κ2) is 9.36. The summed E-state index contributed by atoms with van der Waals surface area (Å²) in [5, 5.41) is 12.8. The first-order valence-corrected chi connectivity index (χ1v) is 12.4. The number of benzene rings is 2. The van der Waals surface area contributed by atoms with Crippen molar-refractivity contribution in [1.82, 2.24) is 24.7 Å². The monoisotopic (exact) mass is 486 g/mol. The highest BCUT2D eigenvalue weighted by atomic mass is 32.2. The number of aryl methyl sites for hydroxylation is 1. The molecule has 0 aliphatic carbocycles. The van der Waals surface area contributed by atoms with Gasteiger partial charge in [-0.05, 0) is 67.9 Å². The van der Waals surface area contributed by atoms with Crippen molar-refractivity contribution >= 4 is 44.9 Å². The SMILES string of the molecule is Cc1ccc2nc(-c3ccc(NC(=O)[C@@H](C)Sc4nnc(-c5ccncc5)n4C)cc3)sc2c1. The number of hydrogen-bond donors (Lipinski definition) is 1. The van der Waals surface area contributed by atoms with Crippen molar-refractivity contribution in [2.24, 2.45) is 7.05 Å². The van der Waals surface area contributed by atoms with Crippen LogP contribution < -0.4 is 5.32 Å². The van der Waals surface area contributed by atoms with Crippen molar-refractivity contribution in [3.8, 4) is 22.0 Å². The minimum Gasteiger partial charge on any atom is -0.325 e. The first-order chi connectivity index (χ1) is 16.5. The maximum Gasteiger partial charge on any atom is 0.237 e. The molecule has 7 nitrogen and oxygen atoms in total. The molecule has 0 radical (unpaired) electrons. The zero-order valence-electron chi connectivity index (χ0n) is 18.9. The minimum atomic E-state index is -0.347. The van der Waals surface area contributed by atoms with E-state index in [9.17, 15) is 4.79 Å². The van der Waals surface area contributed by atoms with Gasteiger partial charge in [-0.15, -0.1) is 21.5 Å². The normalized spacial score (nSPS) is 12.1. The zero-order chi connectivity index (χ0) is 23.7. The number of carbonyl (C=O) groups excluding carboxylic acids is 1. The Kier molecular flexibility index (Phi) is 6.12. The summed E-state index contributed by atoms with van der Waals surface area (Å²) in [6.07, 6.45) is 3.44. The number of carbonyl (C=O) groups is 1. The number of aromatic nitrogens is 5. The lowest BCUT2D eigenvalue weighted by atomic mass is 10.2. The Morgan fingerprint density at radius 2 is 1.79 bits per heavy atom. The molecule has 1 amide bonds. The van der Waals surface area contributed by atoms with Crippen LogP contribution in [0, 0.1) is 6.92 Å². The van der Waals surface area contributed by atoms with Crippen molar-refractivity contribution in [2.75, 3.05) is 5.32 Å². The van der Waals surface area contributed by atoms with Gasteiger partial charge in [0.2, 0.25) is 5.91 Å². The van der Waals surface area contributed by atoms with Gasteiger partial charge in [-0.1, -0.05) is 17.8 Å². The smallest absolute Gasteiger partial charge is 0.237 e. The molecule has 9 heteroatoms. The van der Waals surface area contributed by atoms with Gasteiger partial charge in [-0.3, -0.25) is 9.78 Å². The molecule has 3 heterocycles. The summed E-state index contributed by atoms with van der Waals surface area (Å²) in [6.45, 7) is 3.94. The molecule has 0 aliphatic heterocycles. The molecule has 0 bridgehead atoms. The number of amides is 1. The zero-order valence-corrected chi connectivity index (χ0v) is 20.5. The third kappa shape index (κ3) is 4.57. The van der Waals surface area contributed by atoms with Crippen molar-refractivity contribution in [3.05, 3.63) is 72.6 Å². The number of anilines is 1. The molecule has 0 fully saturated rings. The summed E-state index contributed by atoms with van der Waals surface area (Å²) in [6, 6.07) is 17.8. The maximum absolute atomic E-state index is 12.8. The van der Waals surface area contributed by atoms with E-state index in [4.69, 9.17) is 4.98 Å². The molecule has 1 atom stereocenters. The fraction of sp³-hybridized carbons (Fsp3) is 0.160. The van der Waals surface area contributed by atoms with E-state index < -0.39 is 0 Å². The Bertz CT molecular complexity index is 1460. The van der Waals surface area contributed by atoms with Crippen LogP contribution in [-0.4, -0.2) is 35.9 Å². The Balaban J connectivity index is 1.25. The number of nitrogens with zero attached hydrogens (tertiary/aromatic N) is 5. The number of thioether (sulfide) groups is 1. The number of thiazole rings is 1. The fourth-order valence-electron chi connectivity index (χ4n) is 3.48. The third-order valence-corrected chi connectivity index (χ3v) is 7.57. The largest absolute Gasteiger partial charge is 0.325 e. The van der Waals surface area contributed by atoms with E-state index in [2.05, 4.69) is 45.6 Å². The molecule has 34 heavy (non-hydrogen) atoms. The predicted octanol–water partition coefficient (Wildman–Crippen LogP) is 5.58. The van der Waals surface area contributed by atoms with Gasteiger partial charge in [0.05, 0.1) is 15.5 Å². The first kappa shape index (κ1) is 22.2. The van der Waals surface area contributed by atoms with Crippen LogP contribution in [0.3, 0.4) is 0 Å². The lowest BCUT2D eigenvalue weighted by Crippen LogP contribution is -2.22. The van der Waals surface area contributed by atoms with Crippen LogP contribution in [0.2, 0.25) is 0 Å². The highest BCUT2D eigenvalue weighted by molar-refractivity contribution is 8.00. The predicted molar refractivity (Wildman–Crippen MR) is 138 cm³/mol. The van der Waals surface area contributed by atoms with Crippen LogP contribution in [0.25, 0.3) is 32.2 Å². The van der Waals surface area contributed by atoms with E-state index in [0.29, 0.717) is 5.16 Å². The van der Waals surface area contributed by atoms with Crippen molar-refractivity contribution < 1.29 is 4.79 Å². The second-order valence-corrected chi connectivity index (χ2v) is 10.3. The van der Waals surface area contributed by atoms with Crippen LogP contribution in [-0.2, 0) is 11.8 Å². The average molecular weight is 487 g/mol. The molecule has 0 unspecified atom stereocenters. The number of rotatable bonds is 6. The molecule has 3 aromatic heterocycles. The Hall–Kier alpha value is -3.56. The van der Waals surface area contributed by atoms with Gasteiger partial charge in [0.1, 0.15) is 5.01 Å². The Morgan fingerprint density at radius 1 is 1.03 bits per heavy atom. The lowest BCUT2D eigenvalue weighted by molar-refractivity contribution is -0.115. The molecule has 0 spiro atoms. The molecule has 2 aromatic carbocycles. The summed E-state index contributed by atoms with van der Waals surface area (Å²) >= 11 is 3.04. The van der Waals surface area contributed by atoms with E-state index in [-0.39, 0.29) is 11.2 Å². The molecule has 5 rings (SSSR count). The number of nitrogens with one attached hydrogen (secondary N) is 1. The van der Waals surface area contributed by atoms with Gasteiger partial charge in [0, 0.05) is 36.3 Å². The van der Waals surface area contributed by atoms with E-state index in [1.165, 1.54) is 22.0 Å². The summed E-state index contributed by atoms with van der Waals surface area (Å²) in [4.78, 5) is 21.6. The summed E-state index contributed by atoms with van der Waals surface area (Å²) in [7, 11) is 1.89. The molecule has 5 aromatic rings. The standard InChI is InChI=1S/C25H22N6OS2/c1-15-4-9-20-21(14-15)34-24(28-20)18-5-7-19(8-6-18)27-23(32)16(2)33-25-30-29-22(31(25)3)17-10-12-26-13-11-17/h4-14,16H,1-3H3,(H,27,32)/t16-/m1/s1. The minimum absolute atomic E-state index is 0.0957. The Morgan fingerprint density at radius 3 is 2.56 bits per heavy atom. The molecule has 170 valence electrons. The second-order valence-electron chi connectivity index (χ2n) is 7.92. The summed E-state index contributed by atoms with van der Waals surface area (Å²) < 4.78 is 3.06. The quantitative estimate of drug-likeness (QED) is 0.315. The van der Waals surface area contributed by atoms with Gasteiger partial charge < -0.3 is 9.88 Å². The molecule has 0 aliphatic rings. The highest BCUT2D eigenvalue weighted by Crippen LogP contribution is 2.31. The number of pyridine rings is 1. The summed E-state index contributed by atoms with van der Waals surface area (Å²) in [5.74, 6) is 0.639. The van der Waals surface area contributed by atoms with Crippen molar-refractivity contribution in [3.63, 3.8) is 0 Å². The molecular weight excluding hydrogens is 464 g/mol. The molecule has 0 saturated heterocycles. The maximum atomic E-state index is 12.8. The first-order valence-electron chi connectivity index (χ1n) is 10.7. The molecular formula is C25H22N6OS2. The van der Waals surface area contributed by atoms with Gasteiger partial charge in [0.25, 0.3) is 0 Å². The van der Waals surface area contributed by atoms with E-state index in [1.807, 2.05) is 54.9 Å². The van der Waals surface area contributed by atoms with Crippen LogP contribution in [0.4, 0.5) is 5.69 Å². The highest BCUT2D eigenvalue weighted by Gasteiger charge is 2.19. The van der Waals surface area contributed by atoms with Gasteiger partial charge in [0.15, 0.2) is 11.0 Å². The van der Waals surface area contributed by atoms with Crippen LogP contribution >= 0.6 is 23.1 Å². The van der Waals surface area contributed by atoms with Crippen LogP contribution in [0.1, 0.15) is 12.5 Å². The lowest BCUT2D eigenvalue weighted by Gasteiger charge is -2.12. The van der Waals surface area contributed by atoms with Crippen LogP contribution in [0.15, 0.2) is 72.1 Å². The topological polar surface area (TPSA) is 85.6 Å². The van der Waals surface area contributed by atoms with Crippen molar-refractivity contribution in [2.45, 2.75) is 24.3 Å². The van der Waals surface area contributed by atoms with Gasteiger partial charge in [-0.2, -0.15) is 0 Å². The van der Waals surface area contributed by atoms with Gasteiger partial charge in [-0.25, -0.2) is 4.98 Å². The number of hydrogen-bond acceptors (Lipinski definition) is 7. The fourth-order valence-corrected chi connectivity index (χ4v) is 5.36. The summed E-state index contributed by atoms with van der Waals surface area (Å²) in [5.41, 5.74) is 4.93. The van der Waals surface area contributed by atoms with E-state index >= 15 is 0 Å². The Labute approximate surface area is 205 Å². The average Bonchev–Trinajstić information content (AvgIpc) is 3.43. The van der Waals surface area contributed by atoms with E-state index in [0.717, 1.165) is 33.2 Å². The van der Waals surface area contributed by atoms with Crippen LogP contribution in [0.5, 0.6) is 0 Å². The molecule has 0 saturated carbocycles. The van der Waals surface area contributed by atoms with E-state index in [1.54, 1.807) is 23.7 Å². The van der Waals surface area contributed by atoms with Crippen molar-refractivity contribution in [1.29, 1.82) is 0 Å². The third-order valence-electron chi connectivity index (χ3n) is 5.37. The molecule has 1 N–H and O–H groups in total. The number of fused-ring (bicyclic) bond motifs is 1.